The van der Waals surface area contributed by atoms with Gasteiger partial charge in [0.25, 0.3) is 0 Å². The molecule has 1 rings (SSSR count). The van der Waals surface area contributed by atoms with Crippen LogP contribution in [-0.4, -0.2) is 42.7 Å². The third-order valence-corrected chi connectivity index (χ3v) is 2.36. The van der Waals surface area contributed by atoms with Gasteiger partial charge in [-0.1, -0.05) is 0 Å². The predicted molar refractivity (Wildman–Crippen MR) is 63.0 cm³/mol. The molecule has 4 nitrogen and oxygen atoms in total. The molecule has 0 bridgehead atoms. The van der Waals surface area contributed by atoms with Gasteiger partial charge in [0.2, 0.25) is 0 Å². The topological polar surface area (TPSA) is 50.8 Å². The highest BCUT2D eigenvalue weighted by atomic mass is 16.5. The molecule has 2 N–H and O–H groups in total. The minimum absolute atomic E-state index is 0.0906. The highest BCUT2D eigenvalue weighted by molar-refractivity contribution is 5.78. The summed E-state index contributed by atoms with van der Waals surface area (Å²) in [5.74, 6) is 0.634. The number of guanidine groups is 1. The van der Waals surface area contributed by atoms with Crippen molar-refractivity contribution in [1.82, 2.24) is 4.90 Å². The lowest BCUT2D eigenvalue weighted by Gasteiger charge is -2.20. The van der Waals surface area contributed by atoms with Crippen molar-refractivity contribution in [3.05, 3.63) is 0 Å². The van der Waals surface area contributed by atoms with E-state index in [1.54, 1.807) is 0 Å². The van der Waals surface area contributed by atoms with Gasteiger partial charge in [0.1, 0.15) is 0 Å². The molecule has 0 unspecified atom stereocenters. The van der Waals surface area contributed by atoms with Crippen molar-refractivity contribution in [3.63, 3.8) is 0 Å². The Balaban J connectivity index is 2.19. The minimum Gasteiger partial charge on any atom is -0.374 e. The van der Waals surface area contributed by atoms with Crippen LogP contribution < -0.4 is 5.73 Å². The van der Waals surface area contributed by atoms with Crippen molar-refractivity contribution in [2.75, 3.05) is 20.2 Å². The summed E-state index contributed by atoms with van der Waals surface area (Å²) in [4.78, 5) is 6.34. The average molecular weight is 213 g/mol. The van der Waals surface area contributed by atoms with Gasteiger partial charge in [-0.15, -0.1) is 0 Å². The molecule has 88 valence electrons. The molecule has 0 radical (unpaired) electrons. The second-order valence-electron chi connectivity index (χ2n) is 5.04. The molecule has 1 aliphatic rings. The van der Waals surface area contributed by atoms with Gasteiger partial charge in [0.15, 0.2) is 5.96 Å². The summed E-state index contributed by atoms with van der Waals surface area (Å²) >= 11 is 0. The Labute approximate surface area is 92.5 Å². The van der Waals surface area contributed by atoms with E-state index in [9.17, 15) is 0 Å². The van der Waals surface area contributed by atoms with E-state index in [0.29, 0.717) is 25.2 Å². The quantitative estimate of drug-likeness (QED) is 0.434. The number of aliphatic imine (C=N–C) groups is 1. The van der Waals surface area contributed by atoms with Crippen molar-refractivity contribution >= 4 is 5.96 Å². The Kier molecular flexibility index (Phi) is 3.97. The highest BCUT2D eigenvalue weighted by Crippen LogP contribution is 2.24. The maximum Gasteiger partial charge on any atom is 0.191 e. The first-order valence-electron chi connectivity index (χ1n) is 5.57. The fourth-order valence-corrected chi connectivity index (χ4v) is 1.27. The highest BCUT2D eigenvalue weighted by Gasteiger charge is 2.27. The molecular weight excluding hydrogens is 190 g/mol. The van der Waals surface area contributed by atoms with E-state index in [4.69, 9.17) is 10.5 Å². The molecule has 4 heteroatoms. The molecule has 0 saturated heterocycles. The van der Waals surface area contributed by atoms with E-state index in [-0.39, 0.29) is 5.60 Å². The van der Waals surface area contributed by atoms with Gasteiger partial charge < -0.3 is 15.4 Å². The van der Waals surface area contributed by atoms with E-state index < -0.39 is 0 Å². The average Bonchev–Trinajstić information content (AvgIpc) is 2.92. The monoisotopic (exact) mass is 213 g/mol. The largest absolute Gasteiger partial charge is 0.374 e. The van der Waals surface area contributed by atoms with Crippen molar-refractivity contribution < 1.29 is 4.74 Å². The number of nitrogens with zero attached hydrogens (tertiary/aromatic N) is 2. The Hall–Kier alpha value is -0.770. The van der Waals surface area contributed by atoms with Gasteiger partial charge in [-0.3, -0.25) is 4.99 Å². The van der Waals surface area contributed by atoms with Gasteiger partial charge in [0, 0.05) is 13.1 Å². The molecule has 0 aromatic rings. The van der Waals surface area contributed by atoms with E-state index in [2.05, 4.69) is 9.89 Å². The Morgan fingerprint density at radius 2 is 2.07 bits per heavy atom. The Bertz CT molecular complexity index is 228. The molecule has 1 aliphatic carbocycles. The van der Waals surface area contributed by atoms with Crippen molar-refractivity contribution in [2.24, 2.45) is 10.7 Å². The second-order valence-corrected chi connectivity index (χ2v) is 5.04. The zero-order valence-electron chi connectivity index (χ0n) is 10.3. The molecule has 0 aromatic carbocycles. The fourth-order valence-electron chi connectivity index (χ4n) is 1.27. The SMILES string of the molecule is CN(C(N)=NCCOC(C)(C)C)C1CC1. The van der Waals surface area contributed by atoms with Crippen LogP contribution >= 0.6 is 0 Å². The van der Waals surface area contributed by atoms with Crippen LogP contribution in [0, 0.1) is 0 Å². The summed E-state index contributed by atoms with van der Waals surface area (Å²) < 4.78 is 5.55. The van der Waals surface area contributed by atoms with Gasteiger partial charge in [0.05, 0.1) is 18.8 Å². The summed E-state index contributed by atoms with van der Waals surface area (Å²) in [5.41, 5.74) is 5.74. The van der Waals surface area contributed by atoms with Crippen LogP contribution in [-0.2, 0) is 4.74 Å². The molecule has 0 spiro atoms. The molecule has 0 aliphatic heterocycles. The molecule has 0 amide bonds. The van der Waals surface area contributed by atoms with E-state index >= 15 is 0 Å². The second kappa shape index (κ2) is 4.84. The maximum atomic E-state index is 5.83. The first-order chi connectivity index (χ1) is 6.90. The molecule has 1 fully saturated rings. The Morgan fingerprint density at radius 3 is 2.53 bits per heavy atom. The van der Waals surface area contributed by atoms with Gasteiger partial charge >= 0.3 is 0 Å². The summed E-state index contributed by atoms with van der Waals surface area (Å²) in [7, 11) is 2.00. The first kappa shape index (κ1) is 12.3. The van der Waals surface area contributed by atoms with E-state index in [0.717, 1.165) is 0 Å². The van der Waals surface area contributed by atoms with Crippen molar-refractivity contribution in [1.29, 1.82) is 0 Å². The van der Waals surface area contributed by atoms with Crippen LogP contribution in [0.1, 0.15) is 33.6 Å². The predicted octanol–water partition coefficient (Wildman–Crippen LogP) is 1.21. The number of nitrogens with two attached hydrogens (primary N) is 1. The normalized spacial score (nSPS) is 18.0. The third kappa shape index (κ3) is 5.02. The van der Waals surface area contributed by atoms with Crippen LogP contribution in [0.5, 0.6) is 0 Å². The molecule has 1 saturated carbocycles. The lowest BCUT2D eigenvalue weighted by Crippen LogP contribution is -2.36. The molecule has 15 heavy (non-hydrogen) atoms. The molecule has 0 aromatic heterocycles. The van der Waals surface area contributed by atoms with Crippen LogP contribution in [0.2, 0.25) is 0 Å². The van der Waals surface area contributed by atoms with Gasteiger partial charge in [-0.25, -0.2) is 0 Å². The summed E-state index contributed by atoms with van der Waals surface area (Å²) in [5, 5.41) is 0. The van der Waals surface area contributed by atoms with Gasteiger partial charge in [-0.2, -0.15) is 0 Å². The zero-order chi connectivity index (χ0) is 11.5. The number of hydrogen-bond acceptors (Lipinski definition) is 2. The van der Waals surface area contributed by atoms with Crippen LogP contribution in [0.25, 0.3) is 0 Å². The standard InChI is InChI=1S/C11H23N3O/c1-11(2,3)15-8-7-13-10(12)14(4)9-5-6-9/h9H,5-8H2,1-4H3,(H2,12,13). The van der Waals surface area contributed by atoms with Crippen LogP contribution in [0.4, 0.5) is 0 Å². The molecule has 0 heterocycles. The zero-order valence-corrected chi connectivity index (χ0v) is 10.3. The fraction of sp³-hybridized carbons (Fsp3) is 0.909. The number of ether oxygens (including phenoxy) is 1. The van der Waals surface area contributed by atoms with Crippen molar-refractivity contribution in [3.8, 4) is 0 Å². The minimum atomic E-state index is -0.0906. The lowest BCUT2D eigenvalue weighted by molar-refractivity contribution is 0.00205. The van der Waals surface area contributed by atoms with Crippen LogP contribution in [0.15, 0.2) is 4.99 Å². The van der Waals surface area contributed by atoms with Crippen LogP contribution in [0.3, 0.4) is 0 Å². The Morgan fingerprint density at radius 1 is 1.47 bits per heavy atom. The number of rotatable bonds is 4. The van der Waals surface area contributed by atoms with E-state index in [1.165, 1.54) is 12.8 Å². The number of hydrogen-bond donors (Lipinski definition) is 1. The van der Waals surface area contributed by atoms with E-state index in [1.807, 2.05) is 27.8 Å². The smallest absolute Gasteiger partial charge is 0.191 e. The lowest BCUT2D eigenvalue weighted by atomic mass is 10.2. The molecule has 0 atom stereocenters. The van der Waals surface area contributed by atoms with Crippen molar-refractivity contribution in [2.45, 2.75) is 45.3 Å². The maximum absolute atomic E-state index is 5.83. The summed E-state index contributed by atoms with van der Waals surface area (Å²) in [6.45, 7) is 7.38. The van der Waals surface area contributed by atoms with Gasteiger partial charge in [-0.05, 0) is 33.6 Å². The first-order valence-corrected chi connectivity index (χ1v) is 5.57. The third-order valence-electron chi connectivity index (χ3n) is 2.36. The summed E-state index contributed by atoms with van der Waals surface area (Å²) in [6.07, 6.45) is 2.48. The molecular formula is C11H23N3O. The summed E-state index contributed by atoms with van der Waals surface area (Å²) in [6, 6.07) is 0.622.